The van der Waals surface area contributed by atoms with Gasteiger partial charge in [0.05, 0.1) is 10.6 Å². The predicted octanol–water partition coefficient (Wildman–Crippen LogP) is 5.17. The number of rotatable bonds is 6. The fraction of sp³-hybridized carbons (Fsp3) is 0.240. The summed E-state index contributed by atoms with van der Waals surface area (Å²) >= 11 is 0. The smallest absolute Gasteiger partial charge is 0.281 e. The Kier molecular flexibility index (Phi) is 6.51. The Morgan fingerprint density at radius 3 is 1.87 bits per heavy atom. The van der Waals surface area contributed by atoms with Crippen molar-refractivity contribution >= 4 is 21.6 Å². The first-order valence-electron chi connectivity index (χ1n) is 10.1. The molecule has 0 aliphatic rings. The molecular weight excluding hydrogens is 410 g/mol. The maximum absolute atomic E-state index is 13.3. The largest absolute Gasteiger partial charge is 0.481 e. The second-order valence-electron chi connectivity index (χ2n) is 8.29. The average molecular weight is 438 g/mol. The summed E-state index contributed by atoms with van der Waals surface area (Å²) in [6, 6.07) is 23.7. The number of hydrogen-bond acceptors (Lipinski definition) is 4. The minimum Gasteiger partial charge on any atom is -0.481 e. The Labute approximate surface area is 184 Å². The SMILES string of the molecule is CC(Oc1ccc(C(C)(C)C)cc1)C(=O)N(c1ccccc1)S(=O)(=O)c1ccccc1. The highest BCUT2D eigenvalue weighted by molar-refractivity contribution is 7.93. The number of amides is 1. The molecule has 0 heterocycles. The van der Waals surface area contributed by atoms with E-state index in [0.717, 1.165) is 9.87 Å². The number of carbonyl (C=O) groups excluding carboxylic acids is 1. The van der Waals surface area contributed by atoms with Crippen LogP contribution in [0, 0.1) is 0 Å². The van der Waals surface area contributed by atoms with Gasteiger partial charge in [0, 0.05) is 0 Å². The molecule has 6 heteroatoms. The maximum atomic E-state index is 13.3. The molecule has 3 aromatic carbocycles. The van der Waals surface area contributed by atoms with E-state index in [-0.39, 0.29) is 16.0 Å². The van der Waals surface area contributed by atoms with E-state index in [0.29, 0.717) is 5.75 Å². The van der Waals surface area contributed by atoms with Crippen LogP contribution in [0.5, 0.6) is 5.75 Å². The topological polar surface area (TPSA) is 63.7 Å². The summed E-state index contributed by atoms with van der Waals surface area (Å²) in [5.74, 6) is -0.172. The molecule has 31 heavy (non-hydrogen) atoms. The summed E-state index contributed by atoms with van der Waals surface area (Å²) in [6.45, 7) is 7.89. The first-order chi connectivity index (χ1) is 14.6. The molecule has 0 saturated carbocycles. The minimum atomic E-state index is -4.11. The highest BCUT2D eigenvalue weighted by Crippen LogP contribution is 2.27. The van der Waals surface area contributed by atoms with E-state index in [2.05, 4.69) is 20.8 Å². The monoisotopic (exact) mass is 437 g/mol. The van der Waals surface area contributed by atoms with Crippen molar-refractivity contribution in [2.24, 2.45) is 0 Å². The molecule has 162 valence electrons. The molecule has 0 aliphatic carbocycles. The van der Waals surface area contributed by atoms with Crippen molar-refractivity contribution in [3.63, 3.8) is 0 Å². The van der Waals surface area contributed by atoms with E-state index in [1.54, 1.807) is 67.6 Å². The lowest BCUT2D eigenvalue weighted by atomic mass is 9.87. The van der Waals surface area contributed by atoms with Gasteiger partial charge in [-0.2, -0.15) is 4.31 Å². The number of carbonyl (C=O) groups is 1. The minimum absolute atomic E-state index is 0.00612. The molecule has 3 rings (SSSR count). The van der Waals surface area contributed by atoms with E-state index >= 15 is 0 Å². The molecule has 0 spiro atoms. The zero-order valence-corrected chi connectivity index (χ0v) is 19.0. The lowest BCUT2D eigenvalue weighted by Crippen LogP contribution is -2.44. The Morgan fingerprint density at radius 2 is 1.35 bits per heavy atom. The zero-order valence-electron chi connectivity index (χ0n) is 18.1. The molecule has 0 bridgehead atoms. The van der Waals surface area contributed by atoms with E-state index in [4.69, 9.17) is 4.74 Å². The third kappa shape index (κ3) is 5.14. The Morgan fingerprint density at radius 1 is 0.839 bits per heavy atom. The van der Waals surface area contributed by atoms with Gasteiger partial charge >= 0.3 is 0 Å². The molecule has 0 saturated heterocycles. The quantitative estimate of drug-likeness (QED) is 0.533. The van der Waals surface area contributed by atoms with E-state index in [1.165, 1.54) is 12.1 Å². The summed E-state index contributed by atoms with van der Waals surface area (Å²) in [4.78, 5) is 13.4. The normalized spacial score (nSPS) is 12.8. The molecular formula is C25H27NO4S. The molecule has 0 aromatic heterocycles. The molecule has 0 radical (unpaired) electrons. The van der Waals surface area contributed by atoms with Gasteiger partial charge in [0.15, 0.2) is 6.10 Å². The van der Waals surface area contributed by atoms with Crippen LogP contribution in [0.25, 0.3) is 0 Å². The molecule has 1 unspecified atom stereocenters. The Bertz CT molecular complexity index is 1120. The van der Waals surface area contributed by atoms with E-state index in [1.807, 2.05) is 12.1 Å². The lowest BCUT2D eigenvalue weighted by Gasteiger charge is -2.26. The van der Waals surface area contributed by atoms with Gasteiger partial charge in [-0.25, -0.2) is 8.42 Å². The average Bonchev–Trinajstić information content (AvgIpc) is 2.75. The number of hydrogen-bond donors (Lipinski definition) is 0. The number of nitrogens with zero attached hydrogens (tertiary/aromatic N) is 1. The molecule has 0 aliphatic heterocycles. The van der Waals surface area contributed by atoms with Crippen molar-refractivity contribution in [2.75, 3.05) is 4.31 Å². The van der Waals surface area contributed by atoms with Gasteiger partial charge in [-0.15, -0.1) is 0 Å². The molecule has 1 amide bonds. The molecule has 3 aromatic rings. The van der Waals surface area contributed by atoms with Crippen LogP contribution in [0.3, 0.4) is 0 Å². The number of ether oxygens (including phenoxy) is 1. The van der Waals surface area contributed by atoms with Crippen LogP contribution in [0.2, 0.25) is 0 Å². The van der Waals surface area contributed by atoms with Crippen LogP contribution in [0.4, 0.5) is 5.69 Å². The third-order valence-corrected chi connectivity index (χ3v) is 6.59. The van der Waals surface area contributed by atoms with Crippen molar-refractivity contribution in [2.45, 2.75) is 44.1 Å². The van der Waals surface area contributed by atoms with Gasteiger partial charge in [0.2, 0.25) is 0 Å². The predicted molar refractivity (Wildman–Crippen MR) is 123 cm³/mol. The van der Waals surface area contributed by atoms with Crippen LogP contribution in [0.1, 0.15) is 33.3 Å². The third-order valence-electron chi connectivity index (χ3n) is 4.85. The number of para-hydroxylation sites is 1. The van der Waals surface area contributed by atoms with Gasteiger partial charge < -0.3 is 4.74 Å². The maximum Gasteiger partial charge on any atom is 0.281 e. The summed E-state index contributed by atoms with van der Waals surface area (Å²) < 4.78 is 33.3. The second-order valence-corrected chi connectivity index (χ2v) is 10.1. The summed E-state index contributed by atoms with van der Waals surface area (Å²) in [6.07, 6.45) is -1.01. The highest BCUT2D eigenvalue weighted by Gasteiger charge is 2.34. The summed E-state index contributed by atoms with van der Waals surface area (Å²) in [5.41, 5.74) is 1.39. The van der Waals surface area contributed by atoms with Crippen LogP contribution < -0.4 is 9.04 Å². The van der Waals surface area contributed by atoms with Crippen molar-refractivity contribution < 1.29 is 17.9 Å². The van der Waals surface area contributed by atoms with Crippen molar-refractivity contribution in [1.82, 2.24) is 0 Å². The highest BCUT2D eigenvalue weighted by atomic mass is 32.2. The van der Waals surface area contributed by atoms with Gasteiger partial charge in [-0.3, -0.25) is 4.79 Å². The van der Waals surface area contributed by atoms with Crippen LogP contribution in [0.15, 0.2) is 89.8 Å². The first kappa shape index (κ1) is 22.6. The fourth-order valence-corrected chi connectivity index (χ4v) is 4.60. The molecule has 0 N–H and O–H groups in total. The standard InChI is InChI=1S/C25H27NO4S/c1-19(30-22-17-15-20(16-18-22)25(2,3)4)24(27)26(21-11-7-5-8-12-21)31(28,29)23-13-9-6-10-14-23/h5-19H,1-4H3. The van der Waals surface area contributed by atoms with Gasteiger partial charge in [0.25, 0.3) is 15.9 Å². The van der Waals surface area contributed by atoms with Crippen LogP contribution in [-0.4, -0.2) is 20.4 Å². The molecule has 1 atom stereocenters. The fourth-order valence-electron chi connectivity index (χ4n) is 3.10. The van der Waals surface area contributed by atoms with Gasteiger partial charge in [-0.1, -0.05) is 69.3 Å². The summed E-state index contributed by atoms with van der Waals surface area (Å²) in [5, 5.41) is 0. The first-order valence-corrected chi connectivity index (χ1v) is 11.5. The number of sulfonamides is 1. The Hall–Kier alpha value is -3.12. The second kappa shape index (κ2) is 8.94. The molecule has 0 fully saturated rings. The van der Waals surface area contributed by atoms with Crippen molar-refractivity contribution in [1.29, 1.82) is 0 Å². The summed E-state index contributed by atoms with van der Waals surface area (Å²) in [7, 11) is -4.11. The zero-order chi connectivity index (χ0) is 22.6. The Balaban J connectivity index is 1.92. The van der Waals surface area contributed by atoms with Crippen LogP contribution in [-0.2, 0) is 20.2 Å². The van der Waals surface area contributed by atoms with Crippen molar-refractivity contribution in [3.8, 4) is 5.75 Å². The van der Waals surface area contributed by atoms with Gasteiger partial charge in [0.1, 0.15) is 5.75 Å². The molecule has 5 nitrogen and oxygen atoms in total. The number of benzene rings is 3. The lowest BCUT2D eigenvalue weighted by molar-refractivity contribution is -0.123. The van der Waals surface area contributed by atoms with Gasteiger partial charge in [-0.05, 0) is 54.3 Å². The van der Waals surface area contributed by atoms with E-state index < -0.39 is 22.0 Å². The van der Waals surface area contributed by atoms with Crippen molar-refractivity contribution in [3.05, 3.63) is 90.5 Å². The number of anilines is 1. The van der Waals surface area contributed by atoms with E-state index in [9.17, 15) is 13.2 Å². The van der Waals surface area contributed by atoms with Crippen LogP contribution >= 0.6 is 0 Å².